The first-order chi connectivity index (χ1) is 11.7. The number of nitrogens with zero attached hydrogens (tertiary/aromatic N) is 2. The zero-order valence-corrected chi connectivity index (χ0v) is 15.1. The molecule has 3 rings (SSSR count). The third-order valence-electron chi connectivity index (χ3n) is 5.33. The van der Waals surface area contributed by atoms with Crippen molar-refractivity contribution < 1.29 is 4.79 Å². The van der Waals surface area contributed by atoms with Gasteiger partial charge in [0.05, 0.1) is 0 Å². The Morgan fingerprint density at radius 1 is 1.29 bits per heavy atom. The summed E-state index contributed by atoms with van der Waals surface area (Å²) in [6.07, 6.45) is 4.56. The number of urea groups is 1. The van der Waals surface area contributed by atoms with Crippen molar-refractivity contribution in [3.8, 4) is 0 Å². The van der Waals surface area contributed by atoms with Crippen LogP contribution >= 0.6 is 0 Å². The molecule has 1 saturated heterocycles. The Bertz CT molecular complexity index is 529. The molecule has 2 atom stereocenters. The lowest BCUT2D eigenvalue weighted by atomic mass is 10.0. The molecular formula is C20H31N3O. The van der Waals surface area contributed by atoms with E-state index in [1.54, 1.807) is 0 Å². The maximum absolute atomic E-state index is 12.6. The number of benzene rings is 1. The van der Waals surface area contributed by atoms with Crippen LogP contribution in [0.1, 0.15) is 45.1 Å². The van der Waals surface area contributed by atoms with Crippen molar-refractivity contribution in [1.29, 1.82) is 0 Å². The van der Waals surface area contributed by atoms with E-state index in [-0.39, 0.29) is 12.1 Å². The van der Waals surface area contributed by atoms with Gasteiger partial charge in [0.1, 0.15) is 0 Å². The zero-order chi connectivity index (χ0) is 16.9. The quantitative estimate of drug-likeness (QED) is 0.831. The third-order valence-corrected chi connectivity index (χ3v) is 5.33. The Labute approximate surface area is 146 Å². The number of carbonyl (C=O) groups excluding carboxylic acids is 1. The normalized spacial score (nSPS) is 22.3. The van der Waals surface area contributed by atoms with Crippen molar-refractivity contribution in [3.05, 3.63) is 35.9 Å². The highest BCUT2D eigenvalue weighted by atomic mass is 16.2. The van der Waals surface area contributed by atoms with E-state index in [9.17, 15) is 4.79 Å². The number of likely N-dealkylation sites (tertiary alicyclic amines) is 1. The van der Waals surface area contributed by atoms with E-state index in [2.05, 4.69) is 54.4 Å². The molecule has 1 saturated carbocycles. The molecule has 1 aromatic carbocycles. The second-order valence-corrected chi connectivity index (χ2v) is 7.43. The van der Waals surface area contributed by atoms with Crippen LogP contribution in [0.4, 0.5) is 4.79 Å². The fraction of sp³-hybridized carbons (Fsp3) is 0.650. The van der Waals surface area contributed by atoms with Gasteiger partial charge >= 0.3 is 6.03 Å². The summed E-state index contributed by atoms with van der Waals surface area (Å²) in [7, 11) is 0. The van der Waals surface area contributed by atoms with E-state index in [0.717, 1.165) is 32.6 Å². The van der Waals surface area contributed by atoms with Crippen LogP contribution in [-0.2, 0) is 6.54 Å². The van der Waals surface area contributed by atoms with Gasteiger partial charge in [0, 0.05) is 31.7 Å². The Morgan fingerprint density at radius 3 is 2.71 bits per heavy atom. The van der Waals surface area contributed by atoms with Crippen LogP contribution in [0.15, 0.2) is 30.3 Å². The van der Waals surface area contributed by atoms with Crippen molar-refractivity contribution in [2.45, 2.75) is 58.2 Å². The average Bonchev–Trinajstić information content (AvgIpc) is 3.31. The standard InChI is InChI=1S/C20H31N3O/c1-3-12-23(19-9-10-19)20(24)21-16(2)18-11-13-22(15-18)14-17-7-5-4-6-8-17/h4-8,16,18-19H,3,9-15H2,1-2H3,(H,21,24). The Balaban J connectivity index is 1.47. The Morgan fingerprint density at radius 2 is 2.04 bits per heavy atom. The van der Waals surface area contributed by atoms with E-state index >= 15 is 0 Å². The van der Waals surface area contributed by atoms with Crippen molar-refractivity contribution in [2.75, 3.05) is 19.6 Å². The second-order valence-electron chi connectivity index (χ2n) is 7.43. The lowest BCUT2D eigenvalue weighted by Gasteiger charge is -2.27. The lowest BCUT2D eigenvalue weighted by molar-refractivity contribution is 0.186. The first kappa shape index (κ1) is 17.3. The van der Waals surface area contributed by atoms with Gasteiger partial charge < -0.3 is 10.2 Å². The lowest BCUT2D eigenvalue weighted by Crippen LogP contribution is -2.48. The summed E-state index contributed by atoms with van der Waals surface area (Å²) in [5.74, 6) is 0.556. The SMILES string of the molecule is CCCN(C(=O)NC(C)C1CCN(Cc2ccccc2)C1)C1CC1. The summed E-state index contributed by atoms with van der Waals surface area (Å²) in [6.45, 7) is 8.42. The predicted octanol–water partition coefficient (Wildman–Crippen LogP) is 3.48. The Hall–Kier alpha value is -1.55. The van der Waals surface area contributed by atoms with Crippen LogP contribution in [0.3, 0.4) is 0 Å². The molecule has 2 unspecified atom stereocenters. The number of nitrogens with one attached hydrogen (secondary N) is 1. The van der Waals surface area contributed by atoms with Gasteiger partial charge in [0.25, 0.3) is 0 Å². The number of hydrogen-bond donors (Lipinski definition) is 1. The molecule has 132 valence electrons. The van der Waals surface area contributed by atoms with Gasteiger partial charge in [0.2, 0.25) is 0 Å². The van der Waals surface area contributed by atoms with Gasteiger partial charge in [-0.1, -0.05) is 37.3 Å². The Kier molecular flexibility index (Phi) is 5.77. The minimum atomic E-state index is 0.147. The predicted molar refractivity (Wildman–Crippen MR) is 97.8 cm³/mol. The zero-order valence-electron chi connectivity index (χ0n) is 15.1. The van der Waals surface area contributed by atoms with E-state index in [1.807, 2.05) is 4.90 Å². The molecular weight excluding hydrogens is 298 g/mol. The third kappa shape index (κ3) is 4.50. The monoisotopic (exact) mass is 329 g/mol. The van der Waals surface area contributed by atoms with Gasteiger partial charge in [-0.25, -0.2) is 4.79 Å². The highest BCUT2D eigenvalue weighted by Gasteiger charge is 2.34. The van der Waals surface area contributed by atoms with Gasteiger partial charge in [-0.2, -0.15) is 0 Å². The van der Waals surface area contributed by atoms with Crippen molar-refractivity contribution in [3.63, 3.8) is 0 Å². The van der Waals surface area contributed by atoms with E-state index in [1.165, 1.54) is 24.8 Å². The molecule has 2 fully saturated rings. The van der Waals surface area contributed by atoms with Gasteiger partial charge in [0.15, 0.2) is 0 Å². The van der Waals surface area contributed by atoms with Crippen LogP contribution in [0.5, 0.6) is 0 Å². The van der Waals surface area contributed by atoms with Gasteiger partial charge in [-0.05, 0) is 50.6 Å². The fourth-order valence-electron chi connectivity index (χ4n) is 3.73. The average molecular weight is 329 g/mol. The minimum absolute atomic E-state index is 0.147. The van der Waals surface area contributed by atoms with Crippen molar-refractivity contribution in [1.82, 2.24) is 15.1 Å². The van der Waals surface area contributed by atoms with Crippen LogP contribution < -0.4 is 5.32 Å². The summed E-state index contributed by atoms with van der Waals surface area (Å²) >= 11 is 0. The minimum Gasteiger partial charge on any atom is -0.335 e. The van der Waals surface area contributed by atoms with E-state index < -0.39 is 0 Å². The number of carbonyl (C=O) groups is 1. The first-order valence-corrected chi connectivity index (χ1v) is 9.50. The molecule has 4 nitrogen and oxygen atoms in total. The molecule has 1 N–H and O–H groups in total. The van der Waals surface area contributed by atoms with Crippen LogP contribution in [0.25, 0.3) is 0 Å². The van der Waals surface area contributed by atoms with Crippen molar-refractivity contribution in [2.24, 2.45) is 5.92 Å². The van der Waals surface area contributed by atoms with Crippen LogP contribution in [0, 0.1) is 5.92 Å². The number of amides is 2. The molecule has 0 spiro atoms. The fourth-order valence-corrected chi connectivity index (χ4v) is 3.73. The summed E-state index contributed by atoms with van der Waals surface area (Å²) < 4.78 is 0. The topological polar surface area (TPSA) is 35.6 Å². The first-order valence-electron chi connectivity index (χ1n) is 9.50. The van der Waals surface area contributed by atoms with Gasteiger partial charge in [-0.15, -0.1) is 0 Å². The summed E-state index contributed by atoms with van der Waals surface area (Å²) in [5.41, 5.74) is 1.37. The molecule has 4 heteroatoms. The molecule has 0 bridgehead atoms. The largest absolute Gasteiger partial charge is 0.335 e. The maximum Gasteiger partial charge on any atom is 0.317 e. The highest BCUT2D eigenvalue weighted by Crippen LogP contribution is 2.27. The molecule has 24 heavy (non-hydrogen) atoms. The van der Waals surface area contributed by atoms with Crippen molar-refractivity contribution >= 4 is 6.03 Å². The molecule has 1 aliphatic heterocycles. The maximum atomic E-state index is 12.6. The second kappa shape index (κ2) is 8.02. The van der Waals surface area contributed by atoms with Crippen LogP contribution in [0.2, 0.25) is 0 Å². The molecule has 2 aliphatic rings. The summed E-state index contributed by atoms with van der Waals surface area (Å²) in [5, 5.41) is 3.27. The molecule has 1 aromatic rings. The summed E-state index contributed by atoms with van der Waals surface area (Å²) in [4.78, 5) is 17.1. The summed E-state index contributed by atoms with van der Waals surface area (Å²) in [6, 6.07) is 11.5. The molecule has 0 radical (unpaired) electrons. The molecule has 1 heterocycles. The molecule has 2 amide bonds. The smallest absolute Gasteiger partial charge is 0.317 e. The van der Waals surface area contributed by atoms with Gasteiger partial charge in [-0.3, -0.25) is 4.90 Å². The highest BCUT2D eigenvalue weighted by molar-refractivity contribution is 5.75. The van der Waals surface area contributed by atoms with E-state index in [4.69, 9.17) is 0 Å². The number of rotatable bonds is 7. The molecule has 0 aromatic heterocycles. The number of hydrogen-bond acceptors (Lipinski definition) is 2. The van der Waals surface area contributed by atoms with Crippen LogP contribution in [-0.4, -0.2) is 47.5 Å². The molecule has 1 aliphatic carbocycles. The van der Waals surface area contributed by atoms with E-state index in [0.29, 0.717) is 12.0 Å².